The summed E-state index contributed by atoms with van der Waals surface area (Å²) in [4.78, 5) is 10.6. The van der Waals surface area contributed by atoms with E-state index in [1.54, 1.807) is 6.07 Å². The summed E-state index contributed by atoms with van der Waals surface area (Å²) in [5.41, 5.74) is 0.903. The largest absolute Gasteiger partial charge is 0.491 e. The Balaban J connectivity index is 2.30. The third kappa shape index (κ3) is 1.55. The first-order chi connectivity index (χ1) is 6.68. The topological polar surface area (TPSA) is 46.5 Å². The van der Waals surface area contributed by atoms with E-state index in [9.17, 15) is 4.79 Å². The highest BCUT2D eigenvalue weighted by atomic mass is 35.5. The van der Waals surface area contributed by atoms with Gasteiger partial charge in [0.15, 0.2) is 0 Å². The molecule has 4 heteroatoms. The fraction of sp³-hybridized carbons (Fsp3) is 0.300. The van der Waals surface area contributed by atoms with Gasteiger partial charge in [-0.1, -0.05) is 23.7 Å². The molecule has 2 rings (SSSR count). The monoisotopic (exact) mass is 212 g/mol. The molecule has 1 atom stereocenters. The summed E-state index contributed by atoms with van der Waals surface area (Å²) in [5.74, 6) is -0.243. The maximum atomic E-state index is 10.6. The van der Waals surface area contributed by atoms with Crippen LogP contribution in [0.2, 0.25) is 5.02 Å². The molecule has 0 amide bonds. The molecular formula is C10H9ClO3. The smallest absolute Gasteiger partial charge is 0.304 e. The summed E-state index contributed by atoms with van der Waals surface area (Å²) < 4.78 is 5.35. The molecule has 1 aliphatic heterocycles. The highest BCUT2D eigenvalue weighted by Gasteiger charge is 2.27. The Kier molecular flexibility index (Phi) is 2.33. The number of hydrogen-bond acceptors (Lipinski definition) is 2. The number of hydrogen-bond donors (Lipinski definition) is 1. The van der Waals surface area contributed by atoms with Gasteiger partial charge < -0.3 is 9.84 Å². The second-order valence-corrected chi connectivity index (χ2v) is 3.67. The number of fused-ring (bicyclic) bond motifs is 1. The molecule has 74 valence electrons. The van der Waals surface area contributed by atoms with Crippen molar-refractivity contribution >= 4 is 17.6 Å². The van der Waals surface area contributed by atoms with Crippen LogP contribution in [-0.4, -0.2) is 17.7 Å². The summed E-state index contributed by atoms with van der Waals surface area (Å²) in [6.45, 7) is 0.408. The van der Waals surface area contributed by atoms with Crippen molar-refractivity contribution in [2.24, 2.45) is 0 Å². The predicted molar refractivity (Wildman–Crippen MR) is 51.9 cm³/mol. The highest BCUT2D eigenvalue weighted by molar-refractivity contribution is 6.32. The Labute approximate surface area is 86.3 Å². The molecule has 1 aromatic rings. The minimum absolute atomic E-state index is 0.0683. The van der Waals surface area contributed by atoms with Gasteiger partial charge in [-0.15, -0.1) is 0 Å². The van der Waals surface area contributed by atoms with E-state index in [4.69, 9.17) is 21.4 Å². The van der Waals surface area contributed by atoms with E-state index in [0.717, 1.165) is 5.56 Å². The van der Waals surface area contributed by atoms with Crippen LogP contribution < -0.4 is 4.74 Å². The lowest BCUT2D eigenvalue weighted by Crippen LogP contribution is -2.07. The van der Waals surface area contributed by atoms with Crippen molar-refractivity contribution in [2.75, 3.05) is 6.61 Å². The van der Waals surface area contributed by atoms with Gasteiger partial charge in [-0.3, -0.25) is 4.79 Å². The number of aliphatic carboxylic acids is 1. The molecule has 0 saturated carbocycles. The molecule has 0 bridgehead atoms. The molecule has 14 heavy (non-hydrogen) atoms. The minimum atomic E-state index is -0.813. The fourth-order valence-corrected chi connectivity index (χ4v) is 1.89. The Morgan fingerprint density at radius 3 is 3.14 bits per heavy atom. The van der Waals surface area contributed by atoms with Gasteiger partial charge in [-0.05, 0) is 6.07 Å². The Morgan fingerprint density at radius 1 is 1.64 bits per heavy atom. The maximum absolute atomic E-state index is 10.6. The summed E-state index contributed by atoms with van der Waals surface area (Å²) in [7, 11) is 0. The van der Waals surface area contributed by atoms with Crippen LogP contribution in [0.15, 0.2) is 18.2 Å². The van der Waals surface area contributed by atoms with Crippen molar-refractivity contribution in [2.45, 2.75) is 12.3 Å². The van der Waals surface area contributed by atoms with Crippen molar-refractivity contribution in [1.82, 2.24) is 0 Å². The Morgan fingerprint density at radius 2 is 2.43 bits per heavy atom. The lowest BCUT2D eigenvalue weighted by atomic mass is 9.98. The molecular weight excluding hydrogens is 204 g/mol. The van der Waals surface area contributed by atoms with Crippen LogP contribution in [0, 0.1) is 0 Å². The number of rotatable bonds is 2. The molecule has 1 unspecified atom stereocenters. The van der Waals surface area contributed by atoms with E-state index in [-0.39, 0.29) is 12.3 Å². The number of carboxylic acids is 1. The van der Waals surface area contributed by atoms with Crippen LogP contribution in [0.1, 0.15) is 17.9 Å². The zero-order chi connectivity index (χ0) is 10.1. The van der Waals surface area contributed by atoms with Gasteiger partial charge in [0.1, 0.15) is 5.75 Å². The third-order valence-electron chi connectivity index (χ3n) is 2.29. The van der Waals surface area contributed by atoms with E-state index >= 15 is 0 Å². The molecule has 0 aromatic heterocycles. The van der Waals surface area contributed by atoms with Gasteiger partial charge in [-0.25, -0.2) is 0 Å². The summed E-state index contributed by atoms with van der Waals surface area (Å²) in [5, 5.41) is 9.23. The average molecular weight is 213 g/mol. The van der Waals surface area contributed by atoms with E-state index in [2.05, 4.69) is 0 Å². The van der Waals surface area contributed by atoms with Crippen molar-refractivity contribution in [1.29, 1.82) is 0 Å². The molecule has 0 aliphatic carbocycles. The summed E-state index contributed by atoms with van der Waals surface area (Å²) in [6.07, 6.45) is 0.0906. The first-order valence-corrected chi connectivity index (χ1v) is 4.69. The zero-order valence-electron chi connectivity index (χ0n) is 7.37. The predicted octanol–water partition coefficient (Wildman–Crippen LogP) is 2.29. The van der Waals surface area contributed by atoms with Crippen molar-refractivity contribution in [3.05, 3.63) is 28.8 Å². The second-order valence-electron chi connectivity index (χ2n) is 3.26. The summed E-state index contributed by atoms with van der Waals surface area (Å²) >= 11 is 5.90. The molecule has 0 spiro atoms. The standard InChI is InChI=1S/C10H9ClO3/c11-8-3-1-2-7-6(4-9(12)13)5-14-10(7)8/h1-3,6H,4-5H2,(H,12,13). The van der Waals surface area contributed by atoms with E-state index < -0.39 is 5.97 Å². The minimum Gasteiger partial charge on any atom is -0.491 e. The van der Waals surface area contributed by atoms with Crippen LogP contribution >= 0.6 is 11.6 Å². The molecule has 1 N–H and O–H groups in total. The van der Waals surface area contributed by atoms with Crippen LogP contribution in [-0.2, 0) is 4.79 Å². The van der Waals surface area contributed by atoms with Crippen molar-refractivity contribution < 1.29 is 14.6 Å². The van der Waals surface area contributed by atoms with Gasteiger partial charge in [0.2, 0.25) is 0 Å². The number of halogens is 1. The highest BCUT2D eigenvalue weighted by Crippen LogP contribution is 2.40. The van der Waals surface area contributed by atoms with Crippen LogP contribution in [0.5, 0.6) is 5.75 Å². The number of carboxylic acid groups (broad SMARTS) is 1. The Hall–Kier alpha value is -1.22. The SMILES string of the molecule is O=C(O)CC1COc2c(Cl)cccc21. The van der Waals surface area contributed by atoms with Gasteiger partial charge in [-0.2, -0.15) is 0 Å². The molecule has 1 aliphatic rings. The fourth-order valence-electron chi connectivity index (χ4n) is 1.65. The van der Waals surface area contributed by atoms with Gasteiger partial charge in [0.25, 0.3) is 0 Å². The first kappa shape index (κ1) is 9.34. The quantitative estimate of drug-likeness (QED) is 0.818. The molecule has 0 radical (unpaired) electrons. The second kappa shape index (κ2) is 3.50. The maximum Gasteiger partial charge on any atom is 0.304 e. The van der Waals surface area contributed by atoms with E-state index in [0.29, 0.717) is 17.4 Å². The molecule has 1 heterocycles. The van der Waals surface area contributed by atoms with Crippen LogP contribution in [0.3, 0.4) is 0 Å². The third-order valence-corrected chi connectivity index (χ3v) is 2.58. The lowest BCUT2D eigenvalue weighted by molar-refractivity contribution is -0.137. The lowest BCUT2D eigenvalue weighted by Gasteiger charge is -2.04. The molecule has 1 aromatic carbocycles. The van der Waals surface area contributed by atoms with Crippen LogP contribution in [0.4, 0.5) is 0 Å². The molecule has 0 fully saturated rings. The van der Waals surface area contributed by atoms with E-state index in [1.807, 2.05) is 12.1 Å². The van der Waals surface area contributed by atoms with Gasteiger partial charge in [0, 0.05) is 11.5 Å². The molecule has 3 nitrogen and oxygen atoms in total. The Bertz CT molecular complexity index is 376. The number of para-hydroxylation sites is 1. The molecule has 0 saturated heterocycles. The van der Waals surface area contributed by atoms with Gasteiger partial charge >= 0.3 is 5.97 Å². The normalized spacial score (nSPS) is 18.8. The summed E-state index contributed by atoms with van der Waals surface area (Å²) in [6, 6.07) is 5.41. The van der Waals surface area contributed by atoms with Crippen molar-refractivity contribution in [3.63, 3.8) is 0 Å². The number of carbonyl (C=O) groups is 1. The van der Waals surface area contributed by atoms with Crippen molar-refractivity contribution in [3.8, 4) is 5.75 Å². The first-order valence-electron chi connectivity index (χ1n) is 4.31. The van der Waals surface area contributed by atoms with Gasteiger partial charge in [0.05, 0.1) is 18.1 Å². The number of ether oxygens (including phenoxy) is 1. The van der Waals surface area contributed by atoms with Crippen LogP contribution in [0.25, 0.3) is 0 Å². The van der Waals surface area contributed by atoms with E-state index in [1.165, 1.54) is 0 Å². The number of benzene rings is 1. The average Bonchev–Trinajstić information content (AvgIpc) is 2.49. The zero-order valence-corrected chi connectivity index (χ0v) is 8.12.